The van der Waals surface area contributed by atoms with Crippen molar-refractivity contribution >= 4 is 39.1 Å². The number of fused-ring (bicyclic) bond motifs is 1. The molecule has 122 valence electrons. The zero-order chi connectivity index (χ0) is 16.6. The number of aromatic nitrogens is 2. The maximum atomic E-state index is 12.3. The van der Waals surface area contributed by atoms with E-state index in [-0.39, 0.29) is 17.7 Å². The Balaban J connectivity index is 1.65. The van der Waals surface area contributed by atoms with Crippen molar-refractivity contribution in [3.05, 3.63) is 16.1 Å². The summed E-state index contributed by atoms with van der Waals surface area (Å²) in [5.41, 5.74) is 8.31. The van der Waals surface area contributed by atoms with Gasteiger partial charge >= 0.3 is 0 Å². The Labute approximate surface area is 137 Å². The van der Waals surface area contributed by atoms with Gasteiger partial charge in [-0.05, 0) is 32.3 Å². The number of aryl methyl sites for hydroxylation is 2. The van der Waals surface area contributed by atoms with Gasteiger partial charge in [0.1, 0.15) is 9.71 Å². The molecule has 0 aliphatic heterocycles. The first-order valence-corrected chi connectivity index (χ1v) is 8.38. The first kappa shape index (κ1) is 15.7. The summed E-state index contributed by atoms with van der Waals surface area (Å²) in [6.07, 6.45) is 1.94. The van der Waals surface area contributed by atoms with Crippen LogP contribution in [0.2, 0.25) is 0 Å². The van der Waals surface area contributed by atoms with E-state index in [0.29, 0.717) is 28.5 Å². The molecule has 0 spiro atoms. The van der Waals surface area contributed by atoms with Crippen molar-refractivity contribution in [1.82, 2.24) is 20.8 Å². The minimum Gasteiger partial charge on any atom is -0.397 e. The molecular weight excluding hydrogens is 314 g/mol. The maximum absolute atomic E-state index is 12.3. The second-order valence-corrected chi connectivity index (χ2v) is 6.76. The van der Waals surface area contributed by atoms with Crippen LogP contribution in [0, 0.1) is 19.8 Å². The van der Waals surface area contributed by atoms with E-state index in [1.165, 1.54) is 11.3 Å². The number of nitrogens with two attached hydrogens (primary N) is 1. The van der Waals surface area contributed by atoms with Gasteiger partial charge in [0.25, 0.3) is 5.91 Å². The molecule has 0 unspecified atom stereocenters. The predicted molar refractivity (Wildman–Crippen MR) is 89.4 cm³/mol. The molecule has 0 aromatic carbocycles. The van der Waals surface area contributed by atoms with Crippen LogP contribution in [0.3, 0.4) is 0 Å². The van der Waals surface area contributed by atoms with Crippen LogP contribution in [-0.4, -0.2) is 35.1 Å². The van der Waals surface area contributed by atoms with Crippen LogP contribution in [0.5, 0.6) is 0 Å². The number of rotatable bonds is 5. The van der Waals surface area contributed by atoms with Gasteiger partial charge in [-0.3, -0.25) is 9.59 Å². The Morgan fingerprint density at radius 3 is 2.61 bits per heavy atom. The summed E-state index contributed by atoms with van der Waals surface area (Å²) in [5, 5.41) is 14.6. The highest BCUT2D eigenvalue weighted by atomic mass is 32.1. The van der Waals surface area contributed by atoms with Gasteiger partial charge in [-0.25, -0.2) is 0 Å². The average Bonchev–Trinajstić information content (AvgIpc) is 3.31. The molecule has 2 amide bonds. The van der Waals surface area contributed by atoms with Crippen molar-refractivity contribution in [1.29, 1.82) is 0 Å². The van der Waals surface area contributed by atoms with Gasteiger partial charge < -0.3 is 16.4 Å². The normalized spacial score (nSPS) is 14.0. The quantitative estimate of drug-likeness (QED) is 0.711. The molecule has 3 rings (SSSR count). The zero-order valence-corrected chi connectivity index (χ0v) is 13.9. The van der Waals surface area contributed by atoms with E-state index in [0.717, 1.165) is 29.5 Å². The lowest BCUT2D eigenvalue weighted by molar-refractivity contribution is -0.122. The summed E-state index contributed by atoms with van der Waals surface area (Å²) in [6, 6.07) is 0. The lowest BCUT2D eigenvalue weighted by Gasteiger charge is -2.06. The first-order chi connectivity index (χ1) is 11.0. The molecule has 0 bridgehead atoms. The molecule has 1 fully saturated rings. The third-order valence-electron chi connectivity index (χ3n) is 4.00. The minimum atomic E-state index is -0.247. The third-order valence-corrected chi connectivity index (χ3v) is 5.09. The largest absolute Gasteiger partial charge is 0.397 e. The molecule has 4 N–H and O–H groups in total. The molecule has 0 atom stereocenters. The summed E-state index contributed by atoms with van der Waals surface area (Å²) >= 11 is 1.24. The molecule has 1 saturated carbocycles. The number of thiophene rings is 1. The van der Waals surface area contributed by atoms with Crippen LogP contribution >= 0.6 is 11.3 Å². The monoisotopic (exact) mass is 333 g/mol. The van der Waals surface area contributed by atoms with E-state index >= 15 is 0 Å². The summed E-state index contributed by atoms with van der Waals surface area (Å²) in [5.74, 6) is -0.000969. The van der Waals surface area contributed by atoms with Crippen LogP contribution < -0.4 is 16.4 Å². The van der Waals surface area contributed by atoms with Crippen LogP contribution in [-0.2, 0) is 4.79 Å². The fourth-order valence-corrected chi connectivity index (χ4v) is 3.36. The van der Waals surface area contributed by atoms with E-state index in [9.17, 15) is 9.59 Å². The zero-order valence-electron chi connectivity index (χ0n) is 13.1. The van der Waals surface area contributed by atoms with E-state index in [2.05, 4.69) is 20.8 Å². The lowest BCUT2D eigenvalue weighted by atomic mass is 10.1. The van der Waals surface area contributed by atoms with Crippen molar-refractivity contribution in [2.45, 2.75) is 26.7 Å². The fraction of sp³-hybridized carbons (Fsp3) is 0.467. The van der Waals surface area contributed by atoms with Gasteiger partial charge in [0.2, 0.25) is 5.91 Å². The summed E-state index contributed by atoms with van der Waals surface area (Å²) in [6.45, 7) is 4.57. The van der Waals surface area contributed by atoms with Crippen molar-refractivity contribution in [2.24, 2.45) is 5.92 Å². The minimum absolute atomic E-state index is 0.0713. The van der Waals surface area contributed by atoms with Gasteiger partial charge in [0, 0.05) is 24.4 Å². The molecule has 23 heavy (non-hydrogen) atoms. The van der Waals surface area contributed by atoms with E-state index in [1.54, 1.807) is 0 Å². The molecular formula is C15H19N5O2S. The Morgan fingerprint density at radius 1 is 1.22 bits per heavy atom. The molecule has 0 saturated heterocycles. The topological polar surface area (TPSA) is 110 Å². The molecule has 8 heteroatoms. The van der Waals surface area contributed by atoms with Gasteiger partial charge in [0.15, 0.2) is 0 Å². The predicted octanol–water partition coefficient (Wildman–Crippen LogP) is 1.15. The van der Waals surface area contributed by atoms with Gasteiger partial charge in [0.05, 0.1) is 11.4 Å². The summed E-state index contributed by atoms with van der Waals surface area (Å²) in [7, 11) is 0. The van der Waals surface area contributed by atoms with Crippen LogP contribution in [0.25, 0.3) is 10.2 Å². The third kappa shape index (κ3) is 3.12. The highest BCUT2D eigenvalue weighted by Gasteiger charge is 2.29. The van der Waals surface area contributed by atoms with Crippen molar-refractivity contribution in [3.8, 4) is 0 Å². The van der Waals surface area contributed by atoms with Crippen LogP contribution in [0.1, 0.15) is 33.8 Å². The Morgan fingerprint density at radius 2 is 1.91 bits per heavy atom. The van der Waals surface area contributed by atoms with Crippen LogP contribution in [0.4, 0.5) is 5.69 Å². The molecule has 1 aliphatic carbocycles. The maximum Gasteiger partial charge on any atom is 0.263 e. The highest BCUT2D eigenvalue weighted by molar-refractivity contribution is 7.21. The number of carbonyl (C=O) groups excluding carboxylic acids is 2. The summed E-state index contributed by atoms with van der Waals surface area (Å²) < 4.78 is 0. The van der Waals surface area contributed by atoms with E-state index in [4.69, 9.17) is 5.73 Å². The second-order valence-electron chi connectivity index (χ2n) is 5.76. The fourth-order valence-electron chi connectivity index (χ4n) is 2.34. The number of hydrogen-bond acceptors (Lipinski definition) is 6. The number of nitrogens with one attached hydrogen (secondary N) is 2. The molecule has 2 aromatic rings. The lowest BCUT2D eigenvalue weighted by Crippen LogP contribution is -2.35. The van der Waals surface area contributed by atoms with Crippen molar-refractivity contribution in [2.75, 3.05) is 18.8 Å². The Kier molecular flexibility index (Phi) is 4.16. The Bertz CT molecular complexity index is 782. The number of nitrogens with zero attached hydrogens (tertiary/aromatic N) is 2. The standard InChI is InChI=1S/C15H19N5O2S/c1-7-8(2)19-20-15-10(7)11(16)12(23-15)14(22)18-6-5-17-13(21)9-3-4-9/h9H,3-6,16H2,1-2H3,(H,17,21)(H,18,22). The van der Waals surface area contributed by atoms with Gasteiger partial charge in [-0.1, -0.05) is 0 Å². The average molecular weight is 333 g/mol. The van der Waals surface area contributed by atoms with Gasteiger partial charge in [-0.15, -0.1) is 16.4 Å². The SMILES string of the molecule is Cc1nnc2sc(C(=O)NCCNC(=O)C3CC3)c(N)c2c1C. The Hall–Kier alpha value is -2.22. The number of anilines is 1. The number of hydrogen-bond donors (Lipinski definition) is 3. The number of nitrogen functional groups attached to an aromatic ring is 1. The van der Waals surface area contributed by atoms with Crippen molar-refractivity contribution in [3.63, 3.8) is 0 Å². The van der Waals surface area contributed by atoms with Gasteiger partial charge in [-0.2, -0.15) is 5.10 Å². The second kappa shape index (κ2) is 6.11. The highest BCUT2D eigenvalue weighted by Crippen LogP contribution is 2.34. The van der Waals surface area contributed by atoms with Crippen LogP contribution in [0.15, 0.2) is 0 Å². The smallest absolute Gasteiger partial charge is 0.263 e. The molecule has 1 aliphatic rings. The molecule has 2 heterocycles. The summed E-state index contributed by atoms with van der Waals surface area (Å²) in [4.78, 5) is 24.9. The number of amides is 2. The van der Waals surface area contributed by atoms with E-state index < -0.39 is 0 Å². The molecule has 0 radical (unpaired) electrons. The molecule has 2 aromatic heterocycles. The molecule has 7 nitrogen and oxygen atoms in total. The first-order valence-electron chi connectivity index (χ1n) is 7.56. The van der Waals surface area contributed by atoms with Crippen molar-refractivity contribution < 1.29 is 9.59 Å². The number of carbonyl (C=O) groups is 2. The van der Waals surface area contributed by atoms with E-state index in [1.807, 2.05) is 13.8 Å².